The number of sulfonamides is 1. The van der Waals surface area contributed by atoms with Crippen LogP contribution in [0.1, 0.15) is 38.7 Å². The summed E-state index contributed by atoms with van der Waals surface area (Å²) in [4.78, 5) is 0.0589. The minimum atomic E-state index is -3.63. The molecule has 0 spiro atoms. The Kier molecular flexibility index (Phi) is 5.01. The molecular weight excluding hydrogens is 293 g/mol. The molecule has 1 aromatic carbocycles. The van der Waals surface area contributed by atoms with Gasteiger partial charge >= 0.3 is 0 Å². The molecule has 1 saturated carbocycles. The molecule has 0 heterocycles. The number of halogens is 1. The summed E-state index contributed by atoms with van der Waals surface area (Å²) in [7, 11) is -3.63. The summed E-state index contributed by atoms with van der Waals surface area (Å²) in [5, 5.41) is 9.10. The van der Waals surface area contributed by atoms with Crippen LogP contribution in [0.15, 0.2) is 23.1 Å². The quantitative estimate of drug-likeness (QED) is 0.841. The highest BCUT2D eigenvalue weighted by Crippen LogP contribution is 2.33. The van der Waals surface area contributed by atoms with E-state index in [9.17, 15) is 12.8 Å². The van der Waals surface area contributed by atoms with E-state index in [0.717, 1.165) is 25.3 Å². The van der Waals surface area contributed by atoms with E-state index >= 15 is 0 Å². The normalized spacial score (nSPS) is 15.9. The van der Waals surface area contributed by atoms with Gasteiger partial charge in [-0.25, -0.2) is 12.8 Å². The number of hydrogen-bond acceptors (Lipinski definition) is 3. The first-order chi connectivity index (χ1) is 9.86. The van der Waals surface area contributed by atoms with Crippen molar-refractivity contribution in [2.24, 2.45) is 5.92 Å². The number of nitrogens with zero attached hydrogens (tertiary/aromatic N) is 1. The van der Waals surface area contributed by atoms with Crippen molar-refractivity contribution in [1.29, 1.82) is 0 Å². The van der Waals surface area contributed by atoms with Gasteiger partial charge in [0.15, 0.2) is 0 Å². The van der Waals surface area contributed by atoms with Gasteiger partial charge in [0.25, 0.3) is 0 Å². The molecule has 0 saturated heterocycles. The molecule has 4 nitrogen and oxygen atoms in total. The molecule has 0 aromatic heterocycles. The van der Waals surface area contributed by atoms with Crippen molar-refractivity contribution >= 4 is 10.0 Å². The molecule has 21 heavy (non-hydrogen) atoms. The summed E-state index contributed by atoms with van der Waals surface area (Å²) in [6, 6.07) is 3.67. The van der Waals surface area contributed by atoms with Crippen molar-refractivity contribution < 1.29 is 17.9 Å². The molecule has 118 valence electrons. The monoisotopic (exact) mass is 315 g/mol. The Balaban J connectivity index is 2.29. The van der Waals surface area contributed by atoms with Crippen LogP contribution in [0.5, 0.6) is 0 Å². The average Bonchev–Trinajstić information content (AvgIpc) is 3.23. The third kappa shape index (κ3) is 3.81. The Bertz CT molecular complexity index is 597. The lowest BCUT2D eigenvalue weighted by molar-refractivity contribution is 0.275. The largest absolute Gasteiger partial charge is 0.392 e. The summed E-state index contributed by atoms with van der Waals surface area (Å²) in [6.45, 7) is 4.08. The molecule has 1 fully saturated rings. The van der Waals surface area contributed by atoms with Crippen LogP contribution in [0.3, 0.4) is 0 Å². The van der Waals surface area contributed by atoms with Crippen LogP contribution >= 0.6 is 0 Å². The van der Waals surface area contributed by atoms with E-state index in [1.165, 1.54) is 16.4 Å². The van der Waals surface area contributed by atoms with Gasteiger partial charge < -0.3 is 5.11 Å². The van der Waals surface area contributed by atoms with Gasteiger partial charge in [0.2, 0.25) is 10.0 Å². The van der Waals surface area contributed by atoms with Crippen molar-refractivity contribution in [3.63, 3.8) is 0 Å². The van der Waals surface area contributed by atoms with E-state index < -0.39 is 22.4 Å². The first-order valence-corrected chi connectivity index (χ1v) is 8.71. The predicted octanol–water partition coefficient (Wildman–Crippen LogP) is 2.52. The molecule has 0 aliphatic heterocycles. The van der Waals surface area contributed by atoms with Crippen molar-refractivity contribution in [2.45, 2.75) is 50.7 Å². The Morgan fingerprint density at radius 3 is 2.57 bits per heavy atom. The zero-order valence-electron chi connectivity index (χ0n) is 12.4. The fourth-order valence-corrected chi connectivity index (χ4v) is 3.97. The number of aliphatic hydroxyl groups is 1. The number of hydrogen-bond donors (Lipinski definition) is 1. The SMILES string of the molecule is CC(C)CCN(C1CC1)S(=O)(=O)c1ccc(F)c(CO)c1. The molecular formula is C15H22FNO3S. The molecule has 0 bridgehead atoms. The van der Waals surface area contributed by atoms with Gasteiger partial charge in [-0.15, -0.1) is 0 Å². The van der Waals surface area contributed by atoms with Crippen LogP contribution in [-0.2, 0) is 16.6 Å². The molecule has 1 N–H and O–H groups in total. The van der Waals surface area contributed by atoms with Crippen molar-refractivity contribution in [3.8, 4) is 0 Å². The smallest absolute Gasteiger partial charge is 0.243 e. The Morgan fingerprint density at radius 2 is 2.05 bits per heavy atom. The Morgan fingerprint density at radius 1 is 1.38 bits per heavy atom. The summed E-state index contributed by atoms with van der Waals surface area (Å²) < 4.78 is 40.4. The maximum absolute atomic E-state index is 13.4. The van der Waals surface area contributed by atoms with E-state index in [2.05, 4.69) is 13.8 Å². The molecule has 6 heteroatoms. The summed E-state index contributed by atoms with van der Waals surface area (Å²) in [5.74, 6) is -0.167. The standard InChI is InChI=1S/C15H22FNO3S/c1-11(2)7-8-17(13-3-4-13)21(19,20)14-5-6-15(16)12(9-14)10-18/h5-6,9,11,13,18H,3-4,7-8,10H2,1-2H3. The third-order valence-corrected chi connectivity index (χ3v) is 5.62. The van der Waals surface area contributed by atoms with E-state index in [1.807, 2.05) is 0 Å². The van der Waals surface area contributed by atoms with Crippen LogP contribution in [0.2, 0.25) is 0 Å². The van der Waals surface area contributed by atoms with Crippen molar-refractivity contribution in [1.82, 2.24) is 4.31 Å². The Labute approximate surface area is 125 Å². The Hall–Kier alpha value is -0.980. The second kappa shape index (κ2) is 6.42. The number of aliphatic hydroxyl groups excluding tert-OH is 1. The number of rotatable bonds is 7. The van der Waals surface area contributed by atoms with Crippen LogP contribution in [0.4, 0.5) is 4.39 Å². The first kappa shape index (κ1) is 16.4. The van der Waals surface area contributed by atoms with Crippen LogP contribution < -0.4 is 0 Å². The predicted molar refractivity (Wildman–Crippen MR) is 78.7 cm³/mol. The summed E-state index contributed by atoms with van der Waals surface area (Å²) in [6.07, 6.45) is 2.56. The fourth-order valence-electron chi connectivity index (χ4n) is 2.22. The molecule has 0 radical (unpaired) electrons. The zero-order valence-corrected chi connectivity index (χ0v) is 13.2. The van der Waals surface area contributed by atoms with Crippen molar-refractivity contribution in [2.75, 3.05) is 6.54 Å². The highest BCUT2D eigenvalue weighted by molar-refractivity contribution is 7.89. The van der Waals surface area contributed by atoms with Crippen LogP contribution in [0, 0.1) is 11.7 Å². The highest BCUT2D eigenvalue weighted by atomic mass is 32.2. The molecule has 2 rings (SSSR count). The molecule has 0 atom stereocenters. The van der Waals surface area contributed by atoms with Gasteiger partial charge in [-0.05, 0) is 43.4 Å². The van der Waals surface area contributed by atoms with Gasteiger partial charge in [0.1, 0.15) is 5.82 Å². The van der Waals surface area contributed by atoms with Gasteiger partial charge in [-0.2, -0.15) is 4.31 Å². The lowest BCUT2D eigenvalue weighted by atomic mass is 10.1. The molecule has 0 unspecified atom stereocenters. The molecule has 0 amide bonds. The summed E-state index contributed by atoms with van der Waals surface area (Å²) in [5.41, 5.74) is 0.00989. The lowest BCUT2D eigenvalue weighted by Gasteiger charge is -2.23. The third-order valence-electron chi connectivity index (χ3n) is 3.68. The minimum Gasteiger partial charge on any atom is -0.392 e. The van der Waals surface area contributed by atoms with E-state index in [4.69, 9.17) is 5.11 Å². The first-order valence-electron chi connectivity index (χ1n) is 7.27. The maximum atomic E-state index is 13.4. The topological polar surface area (TPSA) is 57.6 Å². The number of benzene rings is 1. The van der Waals surface area contributed by atoms with E-state index in [1.54, 1.807) is 0 Å². The van der Waals surface area contributed by atoms with Gasteiger partial charge in [-0.1, -0.05) is 13.8 Å². The lowest BCUT2D eigenvalue weighted by Crippen LogP contribution is -2.34. The van der Waals surface area contributed by atoms with E-state index in [0.29, 0.717) is 12.5 Å². The minimum absolute atomic E-state index is 0.00989. The fraction of sp³-hybridized carbons (Fsp3) is 0.600. The zero-order chi connectivity index (χ0) is 15.6. The van der Waals surface area contributed by atoms with Crippen LogP contribution in [0.25, 0.3) is 0 Å². The second-order valence-electron chi connectivity index (χ2n) is 5.94. The second-order valence-corrected chi connectivity index (χ2v) is 7.83. The molecule has 1 aliphatic carbocycles. The van der Waals surface area contributed by atoms with Crippen LogP contribution in [-0.4, -0.2) is 30.4 Å². The van der Waals surface area contributed by atoms with Gasteiger partial charge in [-0.3, -0.25) is 0 Å². The highest BCUT2D eigenvalue weighted by Gasteiger charge is 2.37. The average molecular weight is 315 g/mol. The van der Waals surface area contributed by atoms with Gasteiger partial charge in [0, 0.05) is 18.2 Å². The molecule has 1 aromatic rings. The van der Waals surface area contributed by atoms with Crippen molar-refractivity contribution in [3.05, 3.63) is 29.6 Å². The van der Waals surface area contributed by atoms with Gasteiger partial charge in [0.05, 0.1) is 11.5 Å². The van der Waals surface area contributed by atoms with E-state index in [-0.39, 0.29) is 16.5 Å². The maximum Gasteiger partial charge on any atom is 0.243 e. The molecule has 1 aliphatic rings. The summed E-state index contributed by atoms with van der Waals surface area (Å²) >= 11 is 0.